The first kappa shape index (κ1) is 27.4. The molecule has 0 N–H and O–H groups in total. The molecule has 1 aliphatic rings. The number of fused-ring (bicyclic) bond motifs is 1. The Balaban J connectivity index is 1.56. The number of nitrogens with zero attached hydrogens (tertiary/aromatic N) is 2. The fourth-order valence-corrected chi connectivity index (χ4v) is 5.74. The van der Waals surface area contributed by atoms with Gasteiger partial charge in [-0.05, 0) is 61.4 Å². The van der Waals surface area contributed by atoms with Crippen LogP contribution >= 0.6 is 22.9 Å². The van der Waals surface area contributed by atoms with Crippen LogP contribution in [0.4, 0.5) is 0 Å². The van der Waals surface area contributed by atoms with Gasteiger partial charge in [-0.2, -0.15) is 0 Å². The summed E-state index contributed by atoms with van der Waals surface area (Å²) in [7, 11) is 1.56. The minimum Gasteiger partial charge on any atom is -0.496 e. The molecule has 1 aliphatic heterocycles. The Hall–Kier alpha value is -4.14. The number of esters is 1. The molecule has 0 unspecified atom stereocenters. The van der Waals surface area contributed by atoms with Crippen molar-refractivity contribution in [2.45, 2.75) is 26.5 Å². The van der Waals surface area contributed by atoms with E-state index in [0.29, 0.717) is 49.3 Å². The molecule has 0 aliphatic carbocycles. The zero-order chi connectivity index (χ0) is 28.2. The number of ether oxygens (including phenoxy) is 3. The highest BCUT2D eigenvalue weighted by Gasteiger charge is 2.34. The number of thiazole rings is 1. The normalized spacial score (nSPS) is 14.9. The number of allylic oxidation sites excluding steroid dienone is 1. The van der Waals surface area contributed by atoms with E-state index in [0.717, 1.165) is 11.1 Å². The molecule has 0 bridgehead atoms. The van der Waals surface area contributed by atoms with Crippen molar-refractivity contribution in [3.8, 4) is 11.5 Å². The van der Waals surface area contributed by atoms with Crippen LogP contribution in [0.1, 0.15) is 36.6 Å². The Kier molecular flexibility index (Phi) is 8.19. The zero-order valence-corrected chi connectivity index (χ0v) is 23.8. The van der Waals surface area contributed by atoms with E-state index in [1.54, 1.807) is 31.6 Å². The number of aromatic nitrogens is 1. The molecule has 9 heteroatoms. The molecular formula is C31H27ClN2O5S. The quantitative estimate of drug-likeness (QED) is 0.276. The van der Waals surface area contributed by atoms with Gasteiger partial charge in [0.25, 0.3) is 5.56 Å². The summed E-state index contributed by atoms with van der Waals surface area (Å²) >= 11 is 7.24. The number of para-hydroxylation sites is 1. The lowest BCUT2D eigenvalue weighted by Gasteiger charge is -2.25. The molecule has 1 atom stereocenters. The van der Waals surface area contributed by atoms with Gasteiger partial charge in [-0.3, -0.25) is 9.36 Å². The van der Waals surface area contributed by atoms with Gasteiger partial charge in [0.05, 0.1) is 29.5 Å². The van der Waals surface area contributed by atoms with Crippen LogP contribution in [0.2, 0.25) is 5.02 Å². The van der Waals surface area contributed by atoms with Crippen LogP contribution in [0.5, 0.6) is 11.5 Å². The van der Waals surface area contributed by atoms with E-state index in [9.17, 15) is 9.59 Å². The number of carbonyl (C=O) groups excluding carboxylic acids is 1. The summed E-state index contributed by atoms with van der Waals surface area (Å²) in [5.74, 6) is 0.715. The van der Waals surface area contributed by atoms with Gasteiger partial charge in [-0.25, -0.2) is 9.79 Å². The number of methoxy groups -OCH3 is 1. The maximum atomic E-state index is 13.9. The SMILES string of the molecule is CCOC(=O)C1=C(C)N=c2s/c(=C\c3cccc(OCc4ccc(Cl)cc4)c3)c(=O)n2[C@@H]1c1ccccc1OC. The van der Waals surface area contributed by atoms with Crippen molar-refractivity contribution in [3.05, 3.63) is 125 Å². The van der Waals surface area contributed by atoms with Crippen LogP contribution < -0.4 is 24.4 Å². The maximum absolute atomic E-state index is 13.9. The summed E-state index contributed by atoms with van der Waals surface area (Å²) in [4.78, 5) is 32.1. The molecule has 7 nitrogen and oxygen atoms in total. The molecule has 4 aromatic rings. The fourth-order valence-electron chi connectivity index (χ4n) is 4.57. The topological polar surface area (TPSA) is 79.1 Å². The van der Waals surface area contributed by atoms with E-state index < -0.39 is 12.0 Å². The van der Waals surface area contributed by atoms with Gasteiger partial charge in [-0.15, -0.1) is 0 Å². The fraction of sp³-hybridized carbons (Fsp3) is 0.194. The first-order valence-corrected chi connectivity index (χ1v) is 13.9. The average Bonchev–Trinajstić information content (AvgIpc) is 3.26. The first-order chi connectivity index (χ1) is 19.4. The highest BCUT2D eigenvalue weighted by Crippen LogP contribution is 2.35. The third kappa shape index (κ3) is 5.59. The predicted molar refractivity (Wildman–Crippen MR) is 156 cm³/mol. The standard InChI is InChI=1S/C31H27ClN2O5S/c1-4-38-30(36)27-19(2)33-31-34(28(27)24-10-5-6-11-25(24)37-3)29(35)26(40-31)17-21-8-7-9-23(16-21)39-18-20-12-14-22(32)15-13-20/h5-17,28H,4,18H2,1-3H3/b26-17-/t28-/m1/s1. The second kappa shape index (κ2) is 11.9. The van der Waals surface area contributed by atoms with Gasteiger partial charge in [0.1, 0.15) is 24.1 Å². The molecular weight excluding hydrogens is 548 g/mol. The van der Waals surface area contributed by atoms with Crippen molar-refractivity contribution in [1.29, 1.82) is 0 Å². The van der Waals surface area contributed by atoms with Gasteiger partial charge in [0, 0.05) is 10.6 Å². The Morgan fingerprint density at radius 3 is 2.62 bits per heavy atom. The Labute approximate surface area is 240 Å². The Morgan fingerprint density at radius 2 is 1.88 bits per heavy atom. The van der Waals surface area contributed by atoms with Gasteiger partial charge in [0.2, 0.25) is 0 Å². The van der Waals surface area contributed by atoms with Gasteiger partial charge in [-0.1, -0.05) is 65.4 Å². The molecule has 5 rings (SSSR count). The van der Waals surface area contributed by atoms with E-state index in [-0.39, 0.29) is 12.2 Å². The number of rotatable bonds is 8. The van der Waals surface area contributed by atoms with Crippen molar-refractivity contribution in [3.63, 3.8) is 0 Å². The lowest BCUT2D eigenvalue weighted by atomic mass is 9.95. The monoisotopic (exact) mass is 574 g/mol. The van der Waals surface area contributed by atoms with E-state index in [2.05, 4.69) is 4.99 Å². The Bertz CT molecular complexity index is 1770. The Morgan fingerprint density at radius 1 is 1.10 bits per heavy atom. The highest BCUT2D eigenvalue weighted by atomic mass is 35.5. The van der Waals surface area contributed by atoms with Gasteiger partial charge in [0.15, 0.2) is 4.80 Å². The molecule has 3 aromatic carbocycles. The lowest BCUT2D eigenvalue weighted by molar-refractivity contribution is -0.139. The van der Waals surface area contributed by atoms with E-state index >= 15 is 0 Å². The lowest BCUT2D eigenvalue weighted by Crippen LogP contribution is -2.40. The molecule has 0 amide bonds. The predicted octanol–water partition coefficient (Wildman–Crippen LogP) is 5.04. The number of carbonyl (C=O) groups is 1. The summed E-state index contributed by atoms with van der Waals surface area (Å²) in [5, 5.41) is 0.671. The summed E-state index contributed by atoms with van der Waals surface area (Å²) in [6, 6.07) is 21.6. The van der Waals surface area contributed by atoms with Crippen molar-refractivity contribution in [2.24, 2.45) is 4.99 Å². The van der Waals surface area contributed by atoms with Crippen LogP contribution in [-0.2, 0) is 16.1 Å². The number of halogens is 1. The second-order valence-corrected chi connectivity index (χ2v) is 10.5. The minimum atomic E-state index is -0.748. The van der Waals surface area contributed by atoms with Crippen LogP contribution in [0.3, 0.4) is 0 Å². The summed E-state index contributed by atoms with van der Waals surface area (Å²) in [6.45, 7) is 4.09. The molecule has 0 saturated heterocycles. The van der Waals surface area contributed by atoms with Crippen molar-refractivity contribution < 1.29 is 19.0 Å². The molecule has 2 heterocycles. The molecule has 40 heavy (non-hydrogen) atoms. The largest absolute Gasteiger partial charge is 0.496 e. The van der Waals surface area contributed by atoms with Crippen molar-refractivity contribution >= 4 is 35.0 Å². The number of hydrogen-bond acceptors (Lipinski definition) is 7. The number of benzene rings is 3. The zero-order valence-electron chi connectivity index (χ0n) is 22.2. The molecule has 0 spiro atoms. The summed E-state index contributed by atoms with van der Waals surface area (Å²) in [5.41, 5.74) is 3.01. The van der Waals surface area contributed by atoms with E-state index in [1.807, 2.05) is 72.8 Å². The smallest absolute Gasteiger partial charge is 0.338 e. The molecule has 0 fully saturated rings. The average molecular weight is 575 g/mol. The molecule has 204 valence electrons. The van der Waals surface area contributed by atoms with Crippen LogP contribution in [0.25, 0.3) is 6.08 Å². The van der Waals surface area contributed by atoms with E-state index in [4.69, 9.17) is 25.8 Å². The van der Waals surface area contributed by atoms with Crippen LogP contribution in [0.15, 0.2) is 93.9 Å². The van der Waals surface area contributed by atoms with Crippen LogP contribution in [-0.4, -0.2) is 24.3 Å². The van der Waals surface area contributed by atoms with Crippen molar-refractivity contribution in [1.82, 2.24) is 4.57 Å². The minimum absolute atomic E-state index is 0.203. The third-order valence-corrected chi connectivity index (χ3v) is 7.66. The van der Waals surface area contributed by atoms with Crippen LogP contribution in [0, 0.1) is 0 Å². The van der Waals surface area contributed by atoms with E-state index in [1.165, 1.54) is 11.3 Å². The van der Waals surface area contributed by atoms with Crippen molar-refractivity contribution in [2.75, 3.05) is 13.7 Å². The second-order valence-electron chi connectivity index (χ2n) is 9.03. The molecule has 1 aromatic heterocycles. The maximum Gasteiger partial charge on any atom is 0.338 e. The first-order valence-electron chi connectivity index (χ1n) is 12.7. The molecule has 0 radical (unpaired) electrons. The van der Waals surface area contributed by atoms with Gasteiger partial charge >= 0.3 is 5.97 Å². The number of hydrogen-bond donors (Lipinski definition) is 0. The summed E-state index contributed by atoms with van der Waals surface area (Å²) < 4.78 is 19.0. The highest BCUT2D eigenvalue weighted by molar-refractivity contribution is 7.07. The third-order valence-electron chi connectivity index (χ3n) is 6.43. The summed E-state index contributed by atoms with van der Waals surface area (Å²) in [6.07, 6.45) is 1.81. The molecule has 0 saturated carbocycles. The van der Waals surface area contributed by atoms with Gasteiger partial charge < -0.3 is 14.2 Å².